The molecule has 162 valence electrons. The molecule has 2 aromatic heterocycles. The lowest BCUT2D eigenvalue weighted by Crippen LogP contribution is -2.37. The van der Waals surface area contributed by atoms with Gasteiger partial charge in [-0.25, -0.2) is 19.2 Å². The number of carbonyl (C=O) groups is 1. The monoisotopic (exact) mass is 424 g/mol. The zero-order valence-electron chi connectivity index (χ0n) is 17.5. The molecule has 0 saturated carbocycles. The third kappa shape index (κ3) is 3.81. The van der Waals surface area contributed by atoms with E-state index in [2.05, 4.69) is 20.2 Å². The van der Waals surface area contributed by atoms with Gasteiger partial charge in [-0.05, 0) is 44.0 Å². The molecular formula is C22H25FN6O2. The van der Waals surface area contributed by atoms with Gasteiger partial charge in [-0.3, -0.25) is 4.40 Å². The number of halogens is 1. The molecule has 8 nitrogen and oxygen atoms in total. The number of aryl methyl sites for hydroxylation is 1. The molecule has 31 heavy (non-hydrogen) atoms. The molecule has 5 rings (SSSR count). The molecule has 1 aromatic carbocycles. The second-order valence-corrected chi connectivity index (χ2v) is 7.95. The summed E-state index contributed by atoms with van der Waals surface area (Å²) in [6.07, 6.45) is 3.83. The topological polar surface area (TPSA) is 75.0 Å². The first-order valence-corrected chi connectivity index (χ1v) is 10.6. The van der Waals surface area contributed by atoms with Gasteiger partial charge in [0.1, 0.15) is 11.6 Å². The number of anilines is 2. The van der Waals surface area contributed by atoms with E-state index < -0.39 is 5.82 Å². The highest BCUT2D eigenvalue weighted by Gasteiger charge is 2.20. The number of urea groups is 1. The molecule has 4 heterocycles. The summed E-state index contributed by atoms with van der Waals surface area (Å²) in [5.41, 5.74) is 2.27. The van der Waals surface area contributed by atoms with E-state index in [1.165, 1.54) is 6.07 Å². The Balaban J connectivity index is 1.46. The number of likely N-dealkylation sites (tertiary alicyclic amines) is 1. The van der Waals surface area contributed by atoms with Crippen LogP contribution in [-0.4, -0.2) is 64.7 Å². The highest BCUT2D eigenvalue weighted by molar-refractivity contribution is 5.90. The molecule has 2 aliphatic heterocycles. The Bertz CT molecular complexity index is 1120. The van der Waals surface area contributed by atoms with Crippen LogP contribution in [0.4, 0.5) is 20.7 Å². The van der Waals surface area contributed by atoms with Crippen LogP contribution >= 0.6 is 0 Å². The maximum Gasteiger partial charge on any atom is 0.321 e. The number of ether oxygens (including phenoxy) is 1. The van der Waals surface area contributed by atoms with E-state index in [0.717, 1.165) is 50.5 Å². The van der Waals surface area contributed by atoms with E-state index in [9.17, 15) is 9.18 Å². The van der Waals surface area contributed by atoms with Crippen molar-refractivity contribution in [2.24, 2.45) is 0 Å². The summed E-state index contributed by atoms with van der Waals surface area (Å²) in [5.74, 6) is 1.08. The predicted molar refractivity (Wildman–Crippen MR) is 116 cm³/mol. The van der Waals surface area contributed by atoms with Gasteiger partial charge in [0.05, 0.1) is 25.1 Å². The molecule has 0 atom stereocenters. The molecule has 2 fully saturated rings. The molecule has 2 saturated heterocycles. The minimum atomic E-state index is -0.393. The fraction of sp³-hybridized carbons (Fsp3) is 0.409. The molecule has 2 amide bonds. The Hall–Kier alpha value is -3.20. The highest BCUT2D eigenvalue weighted by atomic mass is 19.1. The molecule has 3 aromatic rings. The number of benzene rings is 1. The van der Waals surface area contributed by atoms with Gasteiger partial charge in [-0.1, -0.05) is 0 Å². The molecule has 0 aliphatic carbocycles. The quantitative estimate of drug-likeness (QED) is 0.698. The van der Waals surface area contributed by atoms with Gasteiger partial charge in [0, 0.05) is 43.1 Å². The SMILES string of the molecule is Cc1cc(-c2cc(NC(=O)N3CCCC3)ccc2F)nc2ncc(N3CCOCC3)n12. The number of aromatic nitrogens is 3. The average molecular weight is 424 g/mol. The standard InChI is InChI=1S/C22H25FN6O2/c1-15-12-19(26-21-24-14-20(29(15)21)27-8-10-31-11-9-27)17-13-16(4-5-18(17)23)25-22(30)28-6-2-3-7-28/h4-5,12-14H,2-3,6-11H2,1H3,(H,25,30). The number of carbonyl (C=O) groups excluding carboxylic acids is 1. The summed E-state index contributed by atoms with van der Waals surface area (Å²) in [4.78, 5) is 25.5. The fourth-order valence-corrected chi connectivity index (χ4v) is 4.23. The van der Waals surface area contributed by atoms with Gasteiger partial charge in [0.15, 0.2) is 0 Å². The molecule has 2 aliphatic rings. The Labute approximate surface area is 179 Å². The highest BCUT2D eigenvalue weighted by Crippen LogP contribution is 2.28. The van der Waals surface area contributed by atoms with E-state index in [-0.39, 0.29) is 6.03 Å². The van der Waals surface area contributed by atoms with Gasteiger partial charge < -0.3 is 19.9 Å². The molecule has 0 unspecified atom stereocenters. The summed E-state index contributed by atoms with van der Waals surface area (Å²) < 4.78 is 22.1. The lowest BCUT2D eigenvalue weighted by molar-refractivity contribution is 0.122. The van der Waals surface area contributed by atoms with Gasteiger partial charge in [0.2, 0.25) is 5.78 Å². The smallest absolute Gasteiger partial charge is 0.321 e. The molecular weight excluding hydrogens is 399 g/mol. The first kappa shape index (κ1) is 19.7. The van der Waals surface area contributed by atoms with Crippen molar-refractivity contribution >= 4 is 23.3 Å². The summed E-state index contributed by atoms with van der Waals surface area (Å²) in [7, 11) is 0. The normalized spacial score (nSPS) is 16.8. The van der Waals surface area contributed by atoms with E-state index in [1.807, 2.05) is 17.4 Å². The Morgan fingerprint density at radius 1 is 1.13 bits per heavy atom. The van der Waals surface area contributed by atoms with Crippen LogP contribution in [0.15, 0.2) is 30.5 Å². The molecule has 0 radical (unpaired) electrons. The van der Waals surface area contributed by atoms with Crippen molar-refractivity contribution < 1.29 is 13.9 Å². The van der Waals surface area contributed by atoms with Crippen molar-refractivity contribution in [1.29, 1.82) is 0 Å². The number of hydrogen-bond donors (Lipinski definition) is 1. The van der Waals surface area contributed by atoms with Crippen LogP contribution in [-0.2, 0) is 4.74 Å². The number of hydrogen-bond acceptors (Lipinski definition) is 5. The number of fused-ring (bicyclic) bond motifs is 1. The van der Waals surface area contributed by atoms with Crippen LogP contribution in [0.3, 0.4) is 0 Å². The zero-order chi connectivity index (χ0) is 21.4. The predicted octanol–water partition coefficient (Wildman–Crippen LogP) is 3.31. The van der Waals surface area contributed by atoms with E-state index in [4.69, 9.17) is 4.74 Å². The molecule has 1 N–H and O–H groups in total. The molecule has 9 heteroatoms. The zero-order valence-corrected chi connectivity index (χ0v) is 17.5. The molecule has 0 bridgehead atoms. The largest absolute Gasteiger partial charge is 0.378 e. The van der Waals surface area contributed by atoms with Crippen LogP contribution in [0.1, 0.15) is 18.5 Å². The van der Waals surface area contributed by atoms with Crippen molar-refractivity contribution in [1.82, 2.24) is 19.3 Å². The van der Waals surface area contributed by atoms with Gasteiger partial charge in [0.25, 0.3) is 0 Å². The maximum absolute atomic E-state index is 14.7. The number of rotatable bonds is 3. The van der Waals surface area contributed by atoms with Crippen LogP contribution < -0.4 is 10.2 Å². The summed E-state index contributed by atoms with van der Waals surface area (Å²) >= 11 is 0. The molecule has 0 spiro atoms. The summed E-state index contributed by atoms with van der Waals surface area (Å²) in [6, 6.07) is 6.26. The third-order valence-electron chi connectivity index (χ3n) is 5.87. The van der Waals surface area contributed by atoms with Crippen molar-refractivity contribution in [3.63, 3.8) is 0 Å². The summed E-state index contributed by atoms with van der Waals surface area (Å²) in [5, 5.41) is 2.87. The van der Waals surface area contributed by atoms with Crippen molar-refractivity contribution in [3.8, 4) is 11.3 Å². The Morgan fingerprint density at radius 3 is 2.68 bits per heavy atom. The van der Waals surface area contributed by atoms with Crippen LogP contribution in [0, 0.1) is 12.7 Å². The van der Waals surface area contributed by atoms with Crippen LogP contribution in [0.2, 0.25) is 0 Å². The Kier molecular flexibility index (Phi) is 5.19. The van der Waals surface area contributed by atoms with E-state index >= 15 is 0 Å². The number of nitrogens with zero attached hydrogens (tertiary/aromatic N) is 5. The van der Waals surface area contributed by atoms with Gasteiger partial charge in [-0.2, -0.15) is 0 Å². The van der Waals surface area contributed by atoms with Crippen molar-refractivity contribution in [2.45, 2.75) is 19.8 Å². The second kappa shape index (κ2) is 8.14. The maximum atomic E-state index is 14.7. The minimum absolute atomic E-state index is 0.155. The van der Waals surface area contributed by atoms with Gasteiger partial charge in [-0.15, -0.1) is 0 Å². The first-order chi connectivity index (χ1) is 15.1. The lowest BCUT2D eigenvalue weighted by Gasteiger charge is -2.28. The fourth-order valence-electron chi connectivity index (χ4n) is 4.23. The lowest BCUT2D eigenvalue weighted by atomic mass is 10.1. The number of morpholine rings is 1. The van der Waals surface area contributed by atoms with Gasteiger partial charge >= 0.3 is 6.03 Å². The second-order valence-electron chi connectivity index (χ2n) is 7.95. The Morgan fingerprint density at radius 2 is 1.90 bits per heavy atom. The minimum Gasteiger partial charge on any atom is -0.378 e. The van der Waals surface area contributed by atoms with Crippen molar-refractivity contribution in [3.05, 3.63) is 42.0 Å². The van der Waals surface area contributed by atoms with E-state index in [0.29, 0.717) is 35.9 Å². The third-order valence-corrected chi connectivity index (χ3v) is 5.87. The summed E-state index contributed by atoms with van der Waals surface area (Å²) in [6.45, 7) is 6.41. The average Bonchev–Trinajstić information content (AvgIpc) is 3.46. The van der Waals surface area contributed by atoms with Crippen LogP contribution in [0.25, 0.3) is 17.0 Å². The number of nitrogens with one attached hydrogen (secondary N) is 1. The number of imidazole rings is 1. The number of amides is 2. The van der Waals surface area contributed by atoms with Crippen LogP contribution in [0.5, 0.6) is 0 Å². The van der Waals surface area contributed by atoms with Crippen molar-refractivity contribution in [2.75, 3.05) is 49.6 Å². The van der Waals surface area contributed by atoms with E-state index in [1.54, 1.807) is 23.2 Å². The first-order valence-electron chi connectivity index (χ1n) is 10.6.